The van der Waals surface area contributed by atoms with E-state index in [9.17, 15) is 42.1 Å². The fraction of sp³-hybridized carbons (Fsp3) is 0.261. The SMILES string of the molecule is COCCCC(=O)Oc1ccccc1Oc1cc(-n2c(=O)cc(C(F)(F)F)n(C)c2=O)c(F)cc1[N+](=O)[O-]. The average molecular weight is 541 g/mol. The Kier molecular flexibility index (Phi) is 8.30. The van der Waals surface area contributed by atoms with Gasteiger partial charge in [-0.15, -0.1) is 0 Å². The fourth-order valence-electron chi connectivity index (χ4n) is 3.32. The number of nitro groups is 1. The van der Waals surface area contributed by atoms with Gasteiger partial charge in [0.05, 0.1) is 16.7 Å². The molecule has 0 spiro atoms. The lowest BCUT2D eigenvalue weighted by molar-refractivity contribution is -0.385. The highest BCUT2D eigenvalue weighted by Crippen LogP contribution is 2.38. The van der Waals surface area contributed by atoms with Gasteiger partial charge >= 0.3 is 23.5 Å². The van der Waals surface area contributed by atoms with Gasteiger partial charge < -0.3 is 14.2 Å². The predicted molar refractivity (Wildman–Crippen MR) is 122 cm³/mol. The van der Waals surface area contributed by atoms with E-state index in [4.69, 9.17) is 14.2 Å². The summed E-state index contributed by atoms with van der Waals surface area (Å²) in [7, 11) is 2.17. The second kappa shape index (κ2) is 11.2. The quantitative estimate of drug-likeness (QED) is 0.100. The van der Waals surface area contributed by atoms with E-state index < -0.39 is 57.0 Å². The topological polar surface area (TPSA) is 132 Å². The van der Waals surface area contributed by atoms with Gasteiger partial charge in [-0.05, 0) is 18.6 Å². The van der Waals surface area contributed by atoms with Crippen LogP contribution in [0.3, 0.4) is 0 Å². The van der Waals surface area contributed by atoms with E-state index >= 15 is 0 Å². The molecule has 0 fully saturated rings. The zero-order valence-electron chi connectivity index (χ0n) is 19.8. The van der Waals surface area contributed by atoms with Gasteiger partial charge in [-0.3, -0.25) is 24.3 Å². The maximum Gasteiger partial charge on any atom is 0.431 e. The van der Waals surface area contributed by atoms with Crippen molar-refractivity contribution in [1.82, 2.24) is 9.13 Å². The molecule has 0 saturated heterocycles. The monoisotopic (exact) mass is 541 g/mol. The molecule has 0 aliphatic rings. The van der Waals surface area contributed by atoms with Gasteiger partial charge in [0.1, 0.15) is 5.69 Å². The number of alkyl halides is 3. The van der Waals surface area contributed by atoms with Crippen molar-refractivity contribution >= 4 is 11.7 Å². The van der Waals surface area contributed by atoms with Crippen molar-refractivity contribution in [2.24, 2.45) is 7.05 Å². The van der Waals surface area contributed by atoms with E-state index in [1.54, 1.807) is 0 Å². The summed E-state index contributed by atoms with van der Waals surface area (Å²) in [5.74, 6) is -3.20. The molecule has 0 aliphatic carbocycles. The third-order valence-electron chi connectivity index (χ3n) is 5.10. The number of carbonyl (C=O) groups excluding carboxylic acids is 1. The summed E-state index contributed by atoms with van der Waals surface area (Å²) in [6.45, 7) is 0.292. The van der Waals surface area contributed by atoms with Crippen molar-refractivity contribution < 1.29 is 41.5 Å². The Morgan fingerprint density at radius 3 is 2.34 bits per heavy atom. The number of halogens is 4. The summed E-state index contributed by atoms with van der Waals surface area (Å²) >= 11 is 0. The molecule has 0 N–H and O–H groups in total. The van der Waals surface area contributed by atoms with Crippen molar-refractivity contribution in [3.8, 4) is 22.9 Å². The van der Waals surface area contributed by atoms with E-state index in [-0.39, 0.29) is 33.1 Å². The highest BCUT2D eigenvalue weighted by atomic mass is 19.4. The molecule has 0 saturated carbocycles. The number of methoxy groups -OCH3 is 1. The van der Waals surface area contributed by atoms with Crippen molar-refractivity contribution in [3.63, 3.8) is 0 Å². The molecule has 1 heterocycles. The maximum absolute atomic E-state index is 14.9. The summed E-state index contributed by atoms with van der Waals surface area (Å²) in [5, 5.41) is 11.6. The van der Waals surface area contributed by atoms with Crippen LogP contribution in [-0.2, 0) is 22.8 Å². The van der Waals surface area contributed by atoms with Gasteiger partial charge in [0, 0.05) is 39.3 Å². The molecule has 11 nitrogen and oxygen atoms in total. The zero-order chi connectivity index (χ0) is 28.2. The number of carbonyl (C=O) groups is 1. The smallest absolute Gasteiger partial charge is 0.431 e. The molecule has 0 radical (unpaired) electrons. The van der Waals surface area contributed by atoms with Crippen molar-refractivity contribution in [3.05, 3.63) is 84.9 Å². The largest absolute Gasteiger partial charge is 0.446 e. The molecule has 1 aromatic heterocycles. The number of aromatic nitrogens is 2. The third-order valence-corrected chi connectivity index (χ3v) is 5.10. The van der Waals surface area contributed by atoms with Crippen molar-refractivity contribution in [2.75, 3.05) is 13.7 Å². The third kappa shape index (κ3) is 6.05. The molecular weight excluding hydrogens is 522 g/mol. The summed E-state index contributed by atoms with van der Waals surface area (Å²) in [6.07, 6.45) is -4.73. The number of nitrogens with zero attached hydrogens (tertiary/aromatic N) is 3. The highest BCUT2D eigenvalue weighted by Gasteiger charge is 2.35. The molecule has 0 aliphatic heterocycles. The van der Waals surface area contributed by atoms with Crippen LogP contribution in [0.1, 0.15) is 18.5 Å². The molecule has 2 aromatic carbocycles. The standard InChI is InChI=1S/C23H19F4N3O8/c1-28-19(23(25,26)27)12-20(31)29(22(28)33)14-11-18(15(30(34)35)10-13(14)24)37-16-6-3-4-7-17(16)38-21(32)8-5-9-36-2/h3-4,6-7,10-12H,5,8-9H2,1-2H3. The van der Waals surface area contributed by atoms with Crippen LogP contribution in [0.15, 0.2) is 52.1 Å². The Bertz CT molecular complexity index is 1500. The number of para-hydroxylation sites is 2. The minimum Gasteiger partial charge on any atom is -0.446 e. The summed E-state index contributed by atoms with van der Waals surface area (Å²) in [6, 6.07) is 6.53. The van der Waals surface area contributed by atoms with Crippen LogP contribution in [0.4, 0.5) is 23.2 Å². The summed E-state index contributed by atoms with van der Waals surface area (Å²) in [5.41, 5.74) is -6.52. The van der Waals surface area contributed by atoms with Crippen LogP contribution in [0, 0.1) is 15.9 Å². The molecule has 38 heavy (non-hydrogen) atoms. The molecule has 0 amide bonds. The number of esters is 1. The highest BCUT2D eigenvalue weighted by molar-refractivity contribution is 5.73. The Hall–Kier alpha value is -4.53. The minimum absolute atomic E-state index is 0.0247. The maximum atomic E-state index is 14.9. The van der Waals surface area contributed by atoms with Crippen LogP contribution in [0.2, 0.25) is 0 Å². The van der Waals surface area contributed by atoms with Crippen LogP contribution in [-0.4, -0.2) is 33.7 Å². The second-order valence-corrected chi connectivity index (χ2v) is 7.69. The van der Waals surface area contributed by atoms with Crippen LogP contribution in [0.25, 0.3) is 5.69 Å². The molecule has 0 atom stereocenters. The lowest BCUT2D eigenvalue weighted by atomic mass is 10.2. The van der Waals surface area contributed by atoms with Crippen LogP contribution >= 0.6 is 0 Å². The lowest BCUT2D eigenvalue weighted by Crippen LogP contribution is -2.41. The van der Waals surface area contributed by atoms with E-state index in [1.807, 2.05) is 0 Å². The predicted octanol–water partition coefficient (Wildman–Crippen LogP) is 3.73. The number of hydrogen-bond acceptors (Lipinski definition) is 8. The Morgan fingerprint density at radius 2 is 1.74 bits per heavy atom. The molecular formula is C23H19F4N3O8. The van der Waals surface area contributed by atoms with Gasteiger partial charge in [-0.2, -0.15) is 13.2 Å². The van der Waals surface area contributed by atoms with Gasteiger partial charge in [0.15, 0.2) is 17.3 Å². The van der Waals surface area contributed by atoms with Gasteiger partial charge in [-0.25, -0.2) is 13.8 Å². The normalized spacial score (nSPS) is 11.3. The molecule has 3 rings (SSSR count). The minimum atomic E-state index is -5.06. The van der Waals surface area contributed by atoms with E-state index in [0.29, 0.717) is 25.2 Å². The summed E-state index contributed by atoms with van der Waals surface area (Å²) in [4.78, 5) is 47.7. The Morgan fingerprint density at radius 1 is 1.08 bits per heavy atom. The van der Waals surface area contributed by atoms with Gasteiger partial charge in [0.2, 0.25) is 5.75 Å². The summed E-state index contributed by atoms with van der Waals surface area (Å²) < 4.78 is 70.1. The zero-order valence-corrected chi connectivity index (χ0v) is 19.8. The average Bonchev–Trinajstić information content (AvgIpc) is 2.83. The van der Waals surface area contributed by atoms with Crippen molar-refractivity contribution in [2.45, 2.75) is 19.0 Å². The molecule has 0 bridgehead atoms. The van der Waals surface area contributed by atoms with E-state index in [1.165, 1.54) is 31.4 Å². The first-order valence-electron chi connectivity index (χ1n) is 10.7. The molecule has 15 heteroatoms. The molecule has 3 aromatic rings. The number of ether oxygens (including phenoxy) is 3. The van der Waals surface area contributed by atoms with Crippen molar-refractivity contribution in [1.29, 1.82) is 0 Å². The first kappa shape index (κ1) is 28.0. The van der Waals surface area contributed by atoms with E-state index in [0.717, 1.165) is 7.05 Å². The van der Waals surface area contributed by atoms with Crippen LogP contribution in [0.5, 0.6) is 17.2 Å². The number of hydrogen-bond donors (Lipinski definition) is 0. The molecule has 0 unspecified atom stereocenters. The fourth-order valence-corrected chi connectivity index (χ4v) is 3.32. The lowest BCUT2D eigenvalue weighted by Gasteiger charge is -2.15. The number of rotatable bonds is 9. The number of benzene rings is 2. The first-order valence-corrected chi connectivity index (χ1v) is 10.7. The second-order valence-electron chi connectivity index (χ2n) is 7.69. The van der Waals surface area contributed by atoms with Gasteiger partial charge in [0.25, 0.3) is 5.56 Å². The first-order chi connectivity index (χ1) is 17.8. The Labute approximate surface area is 210 Å². The molecule has 202 valence electrons. The number of nitro benzene ring substituents is 1. The van der Waals surface area contributed by atoms with Crippen LogP contribution < -0.4 is 20.7 Å². The Balaban J connectivity index is 2.11. The van der Waals surface area contributed by atoms with Gasteiger partial charge in [-0.1, -0.05) is 12.1 Å². The van der Waals surface area contributed by atoms with E-state index in [2.05, 4.69) is 0 Å².